The minimum absolute atomic E-state index is 0.157. The Hall–Kier alpha value is -1.64. The predicted octanol–water partition coefficient (Wildman–Crippen LogP) is 3.81. The largest absolute Gasteiger partial charge is 0.225 e. The third-order valence-corrected chi connectivity index (χ3v) is 4.49. The van der Waals surface area contributed by atoms with Gasteiger partial charge in [0, 0.05) is 0 Å². The van der Waals surface area contributed by atoms with Gasteiger partial charge in [0.1, 0.15) is 5.60 Å². The summed E-state index contributed by atoms with van der Waals surface area (Å²) >= 11 is 0. The maximum absolute atomic E-state index is 5.75. The lowest BCUT2D eigenvalue weighted by Crippen LogP contribution is -2.68. The maximum Gasteiger partial charge on any atom is 0.185 e. The summed E-state index contributed by atoms with van der Waals surface area (Å²) < 4.78 is 0. The first-order valence-corrected chi connectivity index (χ1v) is 6.85. The Bertz CT molecular complexity index is 528. The van der Waals surface area contributed by atoms with Crippen LogP contribution in [0, 0.1) is 0 Å². The Morgan fingerprint density at radius 3 is 1.53 bits per heavy atom. The smallest absolute Gasteiger partial charge is 0.185 e. The van der Waals surface area contributed by atoms with E-state index in [2.05, 4.69) is 48.5 Å². The summed E-state index contributed by atoms with van der Waals surface area (Å²) in [4.78, 5) is 11.3. The highest BCUT2D eigenvalue weighted by molar-refractivity contribution is 5.43. The highest BCUT2D eigenvalue weighted by atomic mass is 17.3. The van der Waals surface area contributed by atoms with Gasteiger partial charge in [-0.1, -0.05) is 60.7 Å². The second-order valence-corrected chi connectivity index (χ2v) is 5.43. The molecule has 1 aliphatic heterocycles. The molecule has 1 aliphatic carbocycles. The third-order valence-electron chi connectivity index (χ3n) is 4.49. The van der Waals surface area contributed by atoms with Crippen molar-refractivity contribution in [1.29, 1.82) is 0 Å². The van der Waals surface area contributed by atoms with Gasteiger partial charge in [-0.3, -0.25) is 0 Å². The Morgan fingerprint density at radius 2 is 1.21 bits per heavy atom. The van der Waals surface area contributed by atoms with Gasteiger partial charge in [0.25, 0.3) is 0 Å². The van der Waals surface area contributed by atoms with Gasteiger partial charge < -0.3 is 0 Å². The molecule has 0 amide bonds. The fraction of sp³-hybridized carbons (Fsp3) is 0.294. The lowest BCUT2D eigenvalue weighted by molar-refractivity contribution is -0.565. The van der Waals surface area contributed by atoms with Gasteiger partial charge in [-0.2, -0.15) is 0 Å². The molecule has 0 N–H and O–H groups in total. The second-order valence-electron chi connectivity index (χ2n) is 5.43. The van der Waals surface area contributed by atoms with E-state index in [0.29, 0.717) is 0 Å². The number of benzene rings is 2. The topological polar surface area (TPSA) is 18.5 Å². The minimum atomic E-state index is -0.423. The second kappa shape index (κ2) is 3.92. The van der Waals surface area contributed by atoms with Crippen molar-refractivity contribution in [1.82, 2.24) is 0 Å². The Kier molecular flexibility index (Phi) is 2.32. The maximum atomic E-state index is 5.75. The molecule has 2 nitrogen and oxygen atoms in total. The van der Waals surface area contributed by atoms with Crippen molar-refractivity contribution in [3.8, 4) is 0 Å². The molecule has 0 atom stereocenters. The van der Waals surface area contributed by atoms with E-state index < -0.39 is 5.60 Å². The average Bonchev–Trinajstić information content (AvgIpc) is 2.39. The van der Waals surface area contributed by atoms with Crippen LogP contribution in [-0.4, -0.2) is 5.60 Å². The molecule has 2 aromatic carbocycles. The van der Waals surface area contributed by atoms with E-state index in [4.69, 9.17) is 9.78 Å². The molecule has 19 heavy (non-hydrogen) atoms. The summed E-state index contributed by atoms with van der Waals surface area (Å²) in [5.74, 6) is 0. The van der Waals surface area contributed by atoms with Crippen molar-refractivity contribution in [3.05, 3.63) is 71.8 Å². The fourth-order valence-corrected chi connectivity index (χ4v) is 3.31. The standard InChI is InChI=1S/C17H16O2/c1-3-8-14(9-4-1)17(15-10-5-2-6-11-15)16(18-19-17)12-7-13-16/h1-6,8-11H,7,12-13H2. The van der Waals surface area contributed by atoms with Gasteiger partial charge >= 0.3 is 0 Å². The first-order valence-electron chi connectivity index (χ1n) is 6.85. The lowest BCUT2D eigenvalue weighted by atomic mass is 9.61. The van der Waals surface area contributed by atoms with Crippen molar-refractivity contribution in [2.75, 3.05) is 0 Å². The van der Waals surface area contributed by atoms with Crippen molar-refractivity contribution in [3.63, 3.8) is 0 Å². The van der Waals surface area contributed by atoms with Crippen LogP contribution in [0.1, 0.15) is 30.4 Å². The normalized spacial score (nSPS) is 22.5. The fourth-order valence-electron chi connectivity index (χ4n) is 3.31. The summed E-state index contributed by atoms with van der Waals surface area (Å²) in [5, 5.41) is 0. The highest BCUT2D eigenvalue weighted by Crippen LogP contribution is 2.61. The molecule has 1 saturated heterocycles. The van der Waals surface area contributed by atoms with E-state index >= 15 is 0 Å². The molecule has 2 fully saturated rings. The zero-order valence-electron chi connectivity index (χ0n) is 10.7. The number of hydrogen-bond acceptors (Lipinski definition) is 2. The van der Waals surface area contributed by atoms with Gasteiger partial charge in [0.15, 0.2) is 5.60 Å². The van der Waals surface area contributed by atoms with Crippen molar-refractivity contribution < 1.29 is 9.78 Å². The minimum Gasteiger partial charge on any atom is -0.225 e. The van der Waals surface area contributed by atoms with Crippen LogP contribution in [0.3, 0.4) is 0 Å². The molecule has 1 spiro atoms. The van der Waals surface area contributed by atoms with Crippen LogP contribution in [0.15, 0.2) is 60.7 Å². The quantitative estimate of drug-likeness (QED) is 0.756. The van der Waals surface area contributed by atoms with E-state index in [9.17, 15) is 0 Å². The summed E-state index contributed by atoms with van der Waals surface area (Å²) in [5.41, 5.74) is 1.79. The van der Waals surface area contributed by atoms with Gasteiger partial charge in [-0.15, -0.1) is 0 Å². The molecule has 2 aromatic rings. The van der Waals surface area contributed by atoms with E-state index in [1.54, 1.807) is 0 Å². The molecular formula is C17H16O2. The summed E-state index contributed by atoms with van der Waals surface area (Å²) in [6.07, 6.45) is 3.35. The summed E-state index contributed by atoms with van der Waals surface area (Å²) in [6, 6.07) is 20.9. The van der Waals surface area contributed by atoms with Crippen LogP contribution < -0.4 is 0 Å². The third kappa shape index (κ3) is 1.33. The van der Waals surface area contributed by atoms with E-state index in [1.165, 1.54) is 17.5 Å². The van der Waals surface area contributed by atoms with Gasteiger partial charge in [-0.25, -0.2) is 9.78 Å². The van der Waals surface area contributed by atoms with E-state index in [1.807, 2.05) is 12.1 Å². The number of hydrogen-bond donors (Lipinski definition) is 0. The van der Waals surface area contributed by atoms with Crippen LogP contribution in [0.25, 0.3) is 0 Å². The van der Waals surface area contributed by atoms with Crippen LogP contribution in [0.2, 0.25) is 0 Å². The van der Waals surface area contributed by atoms with Gasteiger partial charge in [-0.05, 0) is 30.4 Å². The predicted molar refractivity (Wildman–Crippen MR) is 72.4 cm³/mol. The van der Waals surface area contributed by atoms with Crippen LogP contribution in [0.4, 0.5) is 0 Å². The number of rotatable bonds is 2. The first-order chi connectivity index (χ1) is 9.37. The SMILES string of the molecule is c1ccc(C2(c3ccccc3)OOC23CCC3)cc1. The zero-order valence-corrected chi connectivity index (χ0v) is 10.7. The lowest BCUT2D eigenvalue weighted by Gasteiger charge is -2.61. The average molecular weight is 252 g/mol. The van der Waals surface area contributed by atoms with E-state index in [-0.39, 0.29) is 5.60 Å². The van der Waals surface area contributed by atoms with Crippen molar-refractivity contribution in [2.24, 2.45) is 0 Å². The molecule has 2 aliphatic rings. The molecule has 0 aromatic heterocycles. The molecule has 1 saturated carbocycles. The molecule has 2 heteroatoms. The van der Waals surface area contributed by atoms with E-state index in [0.717, 1.165) is 12.8 Å². The zero-order chi connectivity index (χ0) is 12.8. The summed E-state index contributed by atoms with van der Waals surface area (Å²) in [7, 11) is 0. The van der Waals surface area contributed by atoms with Gasteiger partial charge in [0.05, 0.1) is 0 Å². The van der Waals surface area contributed by atoms with Crippen molar-refractivity contribution >= 4 is 0 Å². The Morgan fingerprint density at radius 1 is 0.684 bits per heavy atom. The van der Waals surface area contributed by atoms with Crippen molar-refractivity contribution in [2.45, 2.75) is 30.5 Å². The molecule has 0 radical (unpaired) electrons. The van der Waals surface area contributed by atoms with Crippen LogP contribution in [0.5, 0.6) is 0 Å². The highest BCUT2D eigenvalue weighted by Gasteiger charge is 2.68. The van der Waals surface area contributed by atoms with Gasteiger partial charge in [0.2, 0.25) is 0 Å². The molecule has 0 bridgehead atoms. The van der Waals surface area contributed by atoms with Crippen LogP contribution in [-0.2, 0) is 15.4 Å². The molecule has 0 unspecified atom stereocenters. The molecule has 4 rings (SSSR count). The molecule has 96 valence electrons. The molecule has 1 heterocycles. The monoisotopic (exact) mass is 252 g/mol. The Balaban J connectivity index is 1.90. The first kappa shape index (κ1) is 11.2. The molecular weight excluding hydrogens is 236 g/mol. The van der Waals surface area contributed by atoms with Crippen LogP contribution >= 0.6 is 0 Å². The Labute approximate surface area is 112 Å². The summed E-state index contributed by atoms with van der Waals surface area (Å²) in [6.45, 7) is 0.